The summed E-state index contributed by atoms with van der Waals surface area (Å²) in [6.45, 7) is 9.76. The minimum Gasteiger partial charge on any atom is -0.491 e. The Balaban J connectivity index is 1.83. The smallest absolute Gasteiger partial charge is 0.120 e. The first-order valence-electron chi connectivity index (χ1n) is 9.06. The molecule has 0 bridgehead atoms. The molecule has 0 aliphatic rings. The Morgan fingerprint density at radius 1 is 0.692 bits per heavy atom. The van der Waals surface area contributed by atoms with Crippen molar-refractivity contribution >= 4 is 0 Å². The van der Waals surface area contributed by atoms with Crippen LogP contribution in [0.4, 0.5) is 0 Å². The molecule has 0 unspecified atom stereocenters. The van der Waals surface area contributed by atoms with Gasteiger partial charge in [-0.25, -0.2) is 0 Å². The number of hydrogen-bond acceptors (Lipinski definition) is 4. The van der Waals surface area contributed by atoms with Gasteiger partial charge in [-0.05, 0) is 55.2 Å². The Labute approximate surface area is 157 Å². The van der Waals surface area contributed by atoms with Crippen LogP contribution in [0.15, 0.2) is 36.4 Å². The van der Waals surface area contributed by atoms with E-state index in [0.29, 0.717) is 39.6 Å². The van der Waals surface area contributed by atoms with Gasteiger partial charge in [-0.1, -0.05) is 29.8 Å². The Morgan fingerprint density at radius 2 is 1.38 bits per heavy atom. The number of methoxy groups -OCH3 is 1. The highest BCUT2D eigenvalue weighted by atomic mass is 16.6. The van der Waals surface area contributed by atoms with Gasteiger partial charge in [0.2, 0.25) is 0 Å². The van der Waals surface area contributed by atoms with Crippen LogP contribution in [0.1, 0.15) is 16.7 Å². The maximum Gasteiger partial charge on any atom is 0.120 e. The number of aryl methyl sites for hydroxylation is 3. The van der Waals surface area contributed by atoms with Crippen molar-refractivity contribution in [2.75, 3.05) is 46.8 Å². The van der Waals surface area contributed by atoms with E-state index in [9.17, 15) is 0 Å². The highest BCUT2D eigenvalue weighted by molar-refractivity contribution is 5.70. The third-order valence-electron chi connectivity index (χ3n) is 4.06. The molecule has 2 aromatic rings. The van der Waals surface area contributed by atoms with Crippen molar-refractivity contribution in [3.8, 4) is 16.9 Å². The van der Waals surface area contributed by atoms with Gasteiger partial charge in [0.15, 0.2) is 0 Å². The fraction of sp³-hybridized carbons (Fsp3) is 0.455. The lowest BCUT2D eigenvalue weighted by atomic mass is 9.97. The first-order valence-corrected chi connectivity index (χ1v) is 9.06. The number of rotatable bonds is 11. The van der Waals surface area contributed by atoms with Gasteiger partial charge in [-0.2, -0.15) is 0 Å². The van der Waals surface area contributed by atoms with Crippen molar-refractivity contribution in [1.29, 1.82) is 0 Å². The lowest BCUT2D eigenvalue weighted by molar-refractivity contribution is 0.0180. The molecule has 0 N–H and O–H groups in total. The molecule has 0 atom stereocenters. The van der Waals surface area contributed by atoms with Crippen LogP contribution in [0.5, 0.6) is 5.75 Å². The Morgan fingerprint density at radius 3 is 2.12 bits per heavy atom. The van der Waals surface area contributed by atoms with E-state index in [1.54, 1.807) is 7.11 Å². The van der Waals surface area contributed by atoms with Gasteiger partial charge >= 0.3 is 0 Å². The SMILES string of the molecule is COCCOCCOCCOc1cc(C)cc(-c2cc(C)ccc2C)c1. The molecule has 0 aliphatic heterocycles. The lowest BCUT2D eigenvalue weighted by Gasteiger charge is -2.12. The van der Waals surface area contributed by atoms with E-state index in [2.05, 4.69) is 57.2 Å². The van der Waals surface area contributed by atoms with Gasteiger partial charge in [0.25, 0.3) is 0 Å². The average molecular weight is 358 g/mol. The van der Waals surface area contributed by atoms with Crippen molar-refractivity contribution in [3.63, 3.8) is 0 Å². The van der Waals surface area contributed by atoms with Crippen molar-refractivity contribution in [3.05, 3.63) is 53.1 Å². The van der Waals surface area contributed by atoms with E-state index in [4.69, 9.17) is 18.9 Å². The molecule has 0 spiro atoms. The molecule has 2 rings (SSSR count). The first-order chi connectivity index (χ1) is 12.6. The third-order valence-corrected chi connectivity index (χ3v) is 4.06. The van der Waals surface area contributed by atoms with Crippen LogP contribution in [-0.4, -0.2) is 46.8 Å². The maximum atomic E-state index is 5.88. The van der Waals surface area contributed by atoms with Crippen LogP contribution in [0.25, 0.3) is 11.1 Å². The quantitative estimate of drug-likeness (QED) is 0.560. The molecule has 4 heteroatoms. The highest BCUT2D eigenvalue weighted by Crippen LogP contribution is 2.29. The van der Waals surface area contributed by atoms with E-state index in [0.717, 1.165) is 5.75 Å². The molecule has 2 aromatic carbocycles. The Kier molecular flexibility index (Phi) is 8.62. The zero-order valence-corrected chi connectivity index (χ0v) is 16.3. The molecule has 0 aliphatic carbocycles. The number of ether oxygens (including phenoxy) is 4. The van der Waals surface area contributed by atoms with Crippen molar-refractivity contribution < 1.29 is 18.9 Å². The fourth-order valence-electron chi connectivity index (χ4n) is 2.72. The molecular formula is C22H30O4. The van der Waals surface area contributed by atoms with E-state index < -0.39 is 0 Å². The fourth-order valence-corrected chi connectivity index (χ4v) is 2.72. The highest BCUT2D eigenvalue weighted by Gasteiger charge is 2.06. The zero-order chi connectivity index (χ0) is 18.8. The summed E-state index contributed by atoms with van der Waals surface area (Å²) in [6.07, 6.45) is 0. The molecule has 0 radical (unpaired) electrons. The lowest BCUT2D eigenvalue weighted by Crippen LogP contribution is -2.12. The minimum atomic E-state index is 0.522. The molecule has 4 nitrogen and oxygen atoms in total. The summed E-state index contributed by atoms with van der Waals surface area (Å²) in [4.78, 5) is 0. The van der Waals surface area contributed by atoms with Crippen LogP contribution in [0, 0.1) is 20.8 Å². The molecule has 0 fully saturated rings. The number of hydrogen-bond donors (Lipinski definition) is 0. The Hall–Kier alpha value is -1.88. The second-order valence-corrected chi connectivity index (χ2v) is 6.42. The second kappa shape index (κ2) is 11.0. The maximum absolute atomic E-state index is 5.88. The predicted octanol–water partition coefficient (Wildman–Crippen LogP) is 4.34. The third kappa shape index (κ3) is 6.79. The Bertz CT molecular complexity index is 682. The molecule has 0 amide bonds. The molecule has 0 heterocycles. The standard InChI is InChI=1S/C22H30O4/c1-17-5-6-19(3)22(15-17)20-13-18(2)14-21(16-20)26-12-11-25-10-9-24-8-7-23-4/h5-6,13-16H,7-12H2,1-4H3. The van der Waals surface area contributed by atoms with Crippen LogP contribution in [0.2, 0.25) is 0 Å². The predicted molar refractivity (Wildman–Crippen MR) is 105 cm³/mol. The summed E-state index contributed by atoms with van der Waals surface area (Å²) in [5.41, 5.74) is 6.15. The van der Waals surface area contributed by atoms with Crippen molar-refractivity contribution in [1.82, 2.24) is 0 Å². The van der Waals surface area contributed by atoms with Gasteiger partial charge in [0.1, 0.15) is 12.4 Å². The molecule has 26 heavy (non-hydrogen) atoms. The van der Waals surface area contributed by atoms with Crippen LogP contribution >= 0.6 is 0 Å². The summed E-state index contributed by atoms with van der Waals surface area (Å²) < 4.78 is 21.7. The van der Waals surface area contributed by atoms with Crippen LogP contribution in [0.3, 0.4) is 0 Å². The molecule has 142 valence electrons. The molecule has 0 saturated heterocycles. The second-order valence-electron chi connectivity index (χ2n) is 6.42. The summed E-state index contributed by atoms with van der Waals surface area (Å²) in [5, 5.41) is 0. The number of benzene rings is 2. The zero-order valence-electron chi connectivity index (χ0n) is 16.3. The average Bonchev–Trinajstić information content (AvgIpc) is 2.62. The van der Waals surface area contributed by atoms with Gasteiger partial charge < -0.3 is 18.9 Å². The summed E-state index contributed by atoms with van der Waals surface area (Å²) in [6, 6.07) is 12.9. The van der Waals surface area contributed by atoms with Crippen molar-refractivity contribution in [2.45, 2.75) is 20.8 Å². The summed E-state index contributed by atoms with van der Waals surface area (Å²) >= 11 is 0. The van der Waals surface area contributed by atoms with Gasteiger partial charge in [0, 0.05) is 7.11 Å². The summed E-state index contributed by atoms with van der Waals surface area (Å²) in [7, 11) is 1.66. The van der Waals surface area contributed by atoms with Gasteiger partial charge in [-0.3, -0.25) is 0 Å². The topological polar surface area (TPSA) is 36.9 Å². The van der Waals surface area contributed by atoms with Crippen LogP contribution < -0.4 is 4.74 Å². The van der Waals surface area contributed by atoms with Crippen molar-refractivity contribution in [2.24, 2.45) is 0 Å². The molecular weight excluding hydrogens is 328 g/mol. The minimum absolute atomic E-state index is 0.522. The van der Waals surface area contributed by atoms with Gasteiger partial charge in [-0.15, -0.1) is 0 Å². The van der Waals surface area contributed by atoms with Gasteiger partial charge in [0.05, 0.1) is 33.0 Å². The van der Waals surface area contributed by atoms with E-state index >= 15 is 0 Å². The van der Waals surface area contributed by atoms with E-state index in [-0.39, 0.29) is 0 Å². The molecule has 0 saturated carbocycles. The molecule has 0 aromatic heterocycles. The largest absolute Gasteiger partial charge is 0.491 e. The first kappa shape index (κ1) is 20.4. The van der Waals surface area contributed by atoms with Crippen LogP contribution in [-0.2, 0) is 14.2 Å². The normalized spacial score (nSPS) is 10.9. The monoisotopic (exact) mass is 358 g/mol. The summed E-state index contributed by atoms with van der Waals surface area (Å²) in [5.74, 6) is 0.876. The van der Waals surface area contributed by atoms with E-state index in [1.807, 2.05) is 0 Å². The van der Waals surface area contributed by atoms with E-state index in [1.165, 1.54) is 27.8 Å².